The second-order valence-electron chi connectivity index (χ2n) is 0.523. The lowest BCUT2D eigenvalue weighted by Crippen LogP contribution is -1.92. The Morgan fingerprint density at radius 1 is 1.83 bits per heavy atom. The van der Waals surface area contributed by atoms with E-state index in [0.717, 1.165) is 0 Å². The predicted molar refractivity (Wildman–Crippen MR) is 23.2 cm³/mol. The highest BCUT2D eigenvalue weighted by molar-refractivity contribution is 6.55. The van der Waals surface area contributed by atoms with Crippen LogP contribution in [0.3, 0.4) is 0 Å². The van der Waals surface area contributed by atoms with Gasteiger partial charge in [-0.2, -0.15) is 0 Å². The fraction of sp³-hybridized carbons (Fsp3) is 0.500. The number of hydrogen-bond acceptors (Lipinski definition) is 3. The van der Waals surface area contributed by atoms with Crippen molar-refractivity contribution in [2.24, 2.45) is 0 Å². The Morgan fingerprint density at radius 2 is 2.00 bits per heavy atom. The van der Waals surface area contributed by atoms with Crippen molar-refractivity contribution in [1.82, 2.24) is 6.15 Å². The Balaban J connectivity index is 0. The SMILES string of the molecule is N.[B]C(=O)OC. The molecule has 0 aliphatic heterocycles. The molecule has 0 aliphatic rings. The van der Waals surface area contributed by atoms with Crippen molar-refractivity contribution >= 4 is 13.7 Å². The molecule has 0 atom stereocenters. The predicted octanol–water partition coefficient (Wildman–Crippen LogP) is 0.0833. The Hall–Kier alpha value is -0.505. The van der Waals surface area contributed by atoms with Gasteiger partial charge in [-0.05, 0) is 0 Å². The number of hydrogen-bond donors (Lipinski definition) is 1. The molecule has 0 bridgehead atoms. The smallest absolute Gasteiger partial charge is 0.235 e. The molecule has 0 aromatic heterocycles. The average molecular weight is 86.9 g/mol. The Morgan fingerprint density at radius 3 is 2.00 bits per heavy atom. The summed E-state index contributed by atoms with van der Waals surface area (Å²) in [7, 11) is 5.66. The van der Waals surface area contributed by atoms with Crippen LogP contribution in [0, 0.1) is 0 Å². The van der Waals surface area contributed by atoms with Gasteiger partial charge in [-0.1, -0.05) is 0 Å². The standard InChI is InChI=1S/C2H3BO2.H3N/c1-5-2(3)4;/h1H3;1H3. The molecule has 34 valence electrons. The molecular weight excluding hydrogens is 80.8 g/mol. The summed E-state index contributed by atoms with van der Waals surface area (Å²) in [5.74, 6) is -0.745. The lowest BCUT2D eigenvalue weighted by atomic mass is 10.2. The summed E-state index contributed by atoms with van der Waals surface area (Å²) in [6, 6.07) is 0. The van der Waals surface area contributed by atoms with Gasteiger partial charge in [0.25, 0.3) is 0 Å². The number of carbonyl (C=O) groups excluding carboxylic acids is 1. The summed E-state index contributed by atoms with van der Waals surface area (Å²) < 4.78 is 3.89. The second-order valence-corrected chi connectivity index (χ2v) is 0.523. The van der Waals surface area contributed by atoms with Gasteiger partial charge in [-0.15, -0.1) is 0 Å². The van der Waals surface area contributed by atoms with Crippen LogP contribution in [-0.2, 0) is 4.74 Å². The van der Waals surface area contributed by atoms with Crippen molar-refractivity contribution in [2.45, 2.75) is 0 Å². The first-order valence-corrected chi connectivity index (χ1v) is 1.11. The number of rotatable bonds is 0. The zero-order valence-electron chi connectivity index (χ0n) is 3.60. The van der Waals surface area contributed by atoms with Crippen LogP contribution in [0.15, 0.2) is 0 Å². The molecule has 2 radical (unpaired) electrons. The minimum absolute atomic E-state index is 0. The van der Waals surface area contributed by atoms with Gasteiger partial charge in [0.1, 0.15) is 0 Å². The van der Waals surface area contributed by atoms with Crippen molar-refractivity contribution in [2.75, 3.05) is 7.11 Å². The van der Waals surface area contributed by atoms with E-state index in [2.05, 4.69) is 12.6 Å². The van der Waals surface area contributed by atoms with Crippen LogP contribution >= 0.6 is 0 Å². The van der Waals surface area contributed by atoms with Gasteiger partial charge in [-0.3, -0.25) is 4.79 Å². The van der Waals surface area contributed by atoms with Gasteiger partial charge in [0.2, 0.25) is 13.7 Å². The third-order valence-corrected chi connectivity index (χ3v) is 0.201. The first-order chi connectivity index (χ1) is 2.27. The molecule has 4 heteroatoms. The lowest BCUT2D eigenvalue weighted by molar-refractivity contribution is 0.198. The maximum absolute atomic E-state index is 9.37. The molecule has 0 aromatic rings. The molecule has 0 fully saturated rings. The molecule has 6 heavy (non-hydrogen) atoms. The number of carbonyl (C=O) groups is 1. The fourth-order valence-electron chi connectivity index (χ4n) is 0. The highest BCUT2D eigenvalue weighted by Crippen LogP contribution is 1.59. The fourth-order valence-corrected chi connectivity index (χ4v) is 0. The van der Waals surface area contributed by atoms with Crippen molar-refractivity contribution in [3.8, 4) is 0 Å². The molecule has 3 nitrogen and oxygen atoms in total. The third-order valence-electron chi connectivity index (χ3n) is 0.201. The van der Waals surface area contributed by atoms with Gasteiger partial charge in [-0.25, -0.2) is 0 Å². The Labute approximate surface area is 37.7 Å². The largest absolute Gasteiger partial charge is 0.478 e. The van der Waals surface area contributed by atoms with Crippen LogP contribution in [0.4, 0.5) is 4.79 Å². The summed E-state index contributed by atoms with van der Waals surface area (Å²) in [6.07, 6.45) is 0. The normalized spacial score (nSPS) is 5.50. The quantitative estimate of drug-likeness (QED) is 0.425. The van der Waals surface area contributed by atoms with Crippen LogP contribution in [0.25, 0.3) is 0 Å². The highest BCUT2D eigenvalue weighted by atomic mass is 16.5. The van der Waals surface area contributed by atoms with Gasteiger partial charge in [0.05, 0.1) is 7.11 Å². The van der Waals surface area contributed by atoms with Crippen molar-refractivity contribution in [1.29, 1.82) is 0 Å². The van der Waals surface area contributed by atoms with E-state index in [4.69, 9.17) is 0 Å². The molecule has 0 saturated carbocycles. The zero-order valence-corrected chi connectivity index (χ0v) is 3.60. The van der Waals surface area contributed by atoms with Gasteiger partial charge in [0, 0.05) is 0 Å². The Kier molecular flexibility index (Phi) is 6.81. The molecule has 3 N–H and O–H groups in total. The number of methoxy groups -OCH3 is 1. The van der Waals surface area contributed by atoms with E-state index in [0.29, 0.717) is 0 Å². The van der Waals surface area contributed by atoms with Gasteiger partial charge >= 0.3 is 0 Å². The molecule has 0 saturated heterocycles. The highest BCUT2D eigenvalue weighted by Gasteiger charge is 1.75. The zero-order chi connectivity index (χ0) is 4.28. The molecule has 0 aliphatic carbocycles. The van der Waals surface area contributed by atoms with E-state index < -0.39 is 5.87 Å². The third kappa shape index (κ3) is 9.73. The number of ether oxygens (including phenoxy) is 1. The van der Waals surface area contributed by atoms with Crippen LogP contribution in [0.2, 0.25) is 0 Å². The van der Waals surface area contributed by atoms with E-state index in [1.165, 1.54) is 7.11 Å². The molecule has 0 spiro atoms. The van der Waals surface area contributed by atoms with E-state index in [9.17, 15) is 4.79 Å². The average Bonchev–Trinajstić information content (AvgIpc) is 1.38. The summed E-state index contributed by atoms with van der Waals surface area (Å²) in [5.41, 5.74) is 0. The monoisotopic (exact) mass is 87.0 g/mol. The maximum atomic E-state index is 9.37. The first kappa shape index (κ1) is 9.09. The summed E-state index contributed by atoms with van der Waals surface area (Å²) in [4.78, 5) is 9.37. The molecule has 0 aromatic carbocycles. The maximum Gasteiger partial charge on any atom is 0.235 e. The second kappa shape index (κ2) is 4.49. The minimum Gasteiger partial charge on any atom is -0.478 e. The van der Waals surface area contributed by atoms with E-state index >= 15 is 0 Å². The molecule has 0 amide bonds. The topological polar surface area (TPSA) is 61.3 Å². The lowest BCUT2D eigenvalue weighted by Gasteiger charge is -1.81. The van der Waals surface area contributed by atoms with Gasteiger partial charge in [0.15, 0.2) is 0 Å². The first-order valence-electron chi connectivity index (χ1n) is 1.11. The van der Waals surface area contributed by atoms with Crippen molar-refractivity contribution in [3.05, 3.63) is 0 Å². The van der Waals surface area contributed by atoms with Gasteiger partial charge < -0.3 is 10.9 Å². The van der Waals surface area contributed by atoms with Crippen LogP contribution in [0.1, 0.15) is 0 Å². The van der Waals surface area contributed by atoms with Crippen molar-refractivity contribution in [3.63, 3.8) is 0 Å². The van der Waals surface area contributed by atoms with Crippen LogP contribution in [-0.4, -0.2) is 20.8 Å². The summed E-state index contributed by atoms with van der Waals surface area (Å²) >= 11 is 0. The summed E-state index contributed by atoms with van der Waals surface area (Å²) in [6.45, 7) is 0. The van der Waals surface area contributed by atoms with E-state index in [1.807, 2.05) is 0 Å². The van der Waals surface area contributed by atoms with E-state index in [-0.39, 0.29) is 6.15 Å². The van der Waals surface area contributed by atoms with Crippen LogP contribution < -0.4 is 6.15 Å². The Bertz CT molecular complexity index is 46.8. The molecule has 0 rings (SSSR count). The molecule has 0 unspecified atom stereocenters. The minimum atomic E-state index is -0.745. The van der Waals surface area contributed by atoms with Crippen LogP contribution in [0.5, 0.6) is 0 Å². The van der Waals surface area contributed by atoms with Crippen molar-refractivity contribution < 1.29 is 9.53 Å². The van der Waals surface area contributed by atoms with E-state index in [1.54, 1.807) is 0 Å². The molecular formula is C2H6BNO2. The summed E-state index contributed by atoms with van der Waals surface area (Å²) in [5, 5.41) is 0. The molecule has 0 heterocycles.